The highest BCUT2D eigenvalue weighted by atomic mass is 16.5. The van der Waals surface area contributed by atoms with Gasteiger partial charge in [0.15, 0.2) is 11.5 Å². The van der Waals surface area contributed by atoms with E-state index in [0.717, 1.165) is 5.56 Å². The van der Waals surface area contributed by atoms with Crippen LogP contribution in [-0.4, -0.2) is 27.2 Å². The van der Waals surface area contributed by atoms with Crippen LogP contribution in [0.4, 0.5) is 5.69 Å². The van der Waals surface area contributed by atoms with E-state index in [-0.39, 0.29) is 12.3 Å². The van der Waals surface area contributed by atoms with Gasteiger partial charge in [0.2, 0.25) is 5.91 Å². The lowest BCUT2D eigenvalue weighted by Gasteiger charge is -2.13. The minimum absolute atomic E-state index is 0.270. The summed E-state index contributed by atoms with van der Waals surface area (Å²) in [7, 11) is 4.65. The Hall–Kier alpha value is -3.20. The van der Waals surface area contributed by atoms with Crippen molar-refractivity contribution in [3.8, 4) is 23.3 Å². The average Bonchev–Trinajstić information content (AvgIpc) is 2.65. The van der Waals surface area contributed by atoms with E-state index in [0.29, 0.717) is 22.9 Å². The highest BCUT2D eigenvalue weighted by Gasteiger charge is 2.19. The summed E-state index contributed by atoms with van der Waals surface area (Å²) >= 11 is 0. The van der Waals surface area contributed by atoms with E-state index in [9.17, 15) is 10.1 Å². The predicted octanol–water partition coefficient (Wildman–Crippen LogP) is 3.03. The predicted molar refractivity (Wildman–Crippen MR) is 94.0 cm³/mol. The maximum absolute atomic E-state index is 12.4. The monoisotopic (exact) mass is 340 g/mol. The second-order valence-electron chi connectivity index (χ2n) is 5.30. The summed E-state index contributed by atoms with van der Waals surface area (Å²) < 4.78 is 15.6. The molecule has 2 aromatic rings. The summed E-state index contributed by atoms with van der Waals surface area (Å²) in [5, 5.41) is 12.1. The second kappa shape index (κ2) is 8.60. The van der Waals surface area contributed by atoms with Crippen molar-refractivity contribution in [2.45, 2.75) is 6.42 Å². The van der Waals surface area contributed by atoms with Crippen molar-refractivity contribution in [3.05, 3.63) is 48.0 Å². The smallest absolute Gasteiger partial charge is 0.242 e. The molecule has 130 valence electrons. The number of nitriles is 1. The van der Waals surface area contributed by atoms with Crippen LogP contribution in [0.15, 0.2) is 42.5 Å². The largest absolute Gasteiger partial charge is 0.497 e. The van der Waals surface area contributed by atoms with Crippen LogP contribution < -0.4 is 19.5 Å². The third-order valence-corrected chi connectivity index (χ3v) is 3.70. The Balaban J connectivity index is 2.11. The van der Waals surface area contributed by atoms with E-state index in [1.807, 2.05) is 12.1 Å². The third kappa shape index (κ3) is 4.64. The fourth-order valence-corrected chi connectivity index (χ4v) is 2.37. The van der Waals surface area contributed by atoms with E-state index in [1.165, 1.54) is 0 Å². The van der Waals surface area contributed by atoms with Gasteiger partial charge in [-0.15, -0.1) is 0 Å². The molecular formula is C19H20N2O4. The van der Waals surface area contributed by atoms with Gasteiger partial charge in [0.25, 0.3) is 0 Å². The minimum atomic E-state index is -0.829. The van der Waals surface area contributed by atoms with E-state index in [4.69, 9.17) is 14.2 Å². The molecule has 0 saturated heterocycles. The molecule has 0 aliphatic heterocycles. The van der Waals surface area contributed by atoms with Crippen molar-refractivity contribution >= 4 is 11.6 Å². The summed E-state index contributed by atoms with van der Waals surface area (Å²) in [6.07, 6.45) is 0.270. The molecule has 0 aromatic heterocycles. The molecule has 25 heavy (non-hydrogen) atoms. The summed E-state index contributed by atoms with van der Waals surface area (Å²) in [6, 6.07) is 14.4. The van der Waals surface area contributed by atoms with E-state index in [1.54, 1.807) is 57.7 Å². The summed E-state index contributed by atoms with van der Waals surface area (Å²) in [4.78, 5) is 12.4. The van der Waals surface area contributed by atoms with Crippen LogP contribution in [0.25, 0.3) is 0 Å². The Kier molecular flexibility index (Phi) is 6.24. The number of amides is 1. The lowest BCUT2D eigenvalue weighted by Crippen LogP contribution is -2.23. The molecule has 2 rings (SSSR count). The number of nitrogens with one attached hydrogen (secondary N) is 1. The Morgan fingerprint density at radius 1 is 1.08 bits per heavy atom. The van der Waals surface area contributed by atoms with Crippen molar-refractivity contribution in [2.24, 2.45) is 5.92 Å². The number of methoxy groups -OCH3 is 3. The molecule has 6 heteroatoms. The number of anilines is 1. The molecule has 1 N–H and O–H groups in total. The molecular weight excluding hydrogens is 320 g/mol. The number of carbonyl (C=O) groups is 1. The molecule has 0 aliphatic rings. The molecule has 0 spiro atoms. The second-order valence-corrected chi connectivity index (χ2v) is 5.30. The van der Waals surface area contributed by atoms with E-state index < -0.39 is 5.92 Å². The van der Waals surface area contributed by atoms with Crippen molar-refractivity contribution < 1.29 is 19.0 Å². The van der Waals surface area contributed by atoms with Gasteiger partial charge < -0.3 is 19.5 Å². The van der Waals surface area contributed by atoms with Gasteiger partial charge in [0, 0.05) is 11.8 Å². The molecule has 1 amide bonds. The van der Waals surface area contributed by atoms with Gasteiger partial charge in [-0.2, -0.15) is 5.26 Å². The minimum Gasteiger partial charge on any atom is -0.497 e. The number of benzene rings is 2. The fourth-order valence-electron chi connectivity index (χ4n) is 2.37. The van der Waals surface area contributed by atoms with Gasteiger partial charge >= 0.3 is 0 Å². The first-order valence-corrected chi connectivity index (χ1v) is 7.66. The molecule has 0 unspecified atom stereocenters. The first-order chi connectivity index (χ1) is 12.1. The van der Waals surface area contributed by atoms with Gasteiger partial charge in [-0.05, 0) is 36.2 Å². The van der Waals surface area contributed by atoms with Crippen LogP contribution in [0.2, 0.25) is 0 Å². The van der Waals surface area contributed by atoms with Crippen molar-refractivity contribution in [2.75, 3.05) is 26.6 Å². The molecule has 0 aliphatic carbocycles. The quantitative estimate of drug-likeness (QED) is 0.838. The van der Waals surface area contributed by atoms with Crippen LogP contribution in [0.3, 0.4) is 0 Å². The fraction of sp³-hybridized carbons (Fsp3) is 0.263. The van der Waals surface area contributed by atoms with Gasteiger partial charge in [-0.1, -0.05) is 12.1 Å². The van der Waals surface area contributed by atoms with Crippen LogP contribution >= 0.6 is 0 Å². The molecule has 0 bridgehead atoms. The van der Waals surface area contributed by atoms with Crippen LogP contribution in [0, 0.1) is 17.2 Å². The third-order valence-electron chi connectivity index (χ3n) is 3.70. The molecule has 0 saturated carbocycles. The molecule has 2 aromatic carbocycles. The highest BCUT2D eigenvalue weighted by Crippen LogP contribution is 2.28. The number of hydrogen-bond donors (Lipinski definition) is 1. The maximum atomic E-state index is 12.4. The topological polar surface area (TPSA) is 80.6 Å². The summed E-state index contributed by atoms with van der Waals surface area (Å²) in [5.74, 6) is 0.589. The van der Waals surface area contributed by atoms with Crippen LogP contribution in [0.1, 0.15) is 5.56 Å². The number of nitrogens with zero attached hydrogens (tertiary/aromatic N) is 1. The maximum Gasteiger partial charge on any atom is 0.242 e. The van der Waals surface area contributed by atoms with Crippen molar-refractivity contribution in [1.29, 1.82) is 5.26 Å². The molecule has 0 radical (unpaired) electrons. The molecule has 1 atom stereocenters. The number of rotatable bonds is 7. The lowest BCUT2D eigenvalue weighted by atomic mass is 9.99. The Morgan fingerprint density at radius 3 is 2.48 bits per heavy atom. The van der Waals surface area contributed by atoms with Crippen molar-refractivity contribution in [3.63, 3.8) is 0 Å². The first-order valence-electron chi connectivity index (χ1n) is 7.66. The normalized spacial score (nSPS) is 11.1. The van der Waals surface area contributed by atoms with E-state index >= 15 is 0 Å². The molecule has 6 nitrogen and oxygen atoms in total. The van der Waals surface area contributed by atoms with Crippen LogP contribution in [0.5, 0.6) is 17.2 Å². The van der Waals surface area contributed by atoms with Crippen molar-refractivity contribution in [1.82, 2.24) is 0 Å². The molecule has 0 fully saturated rings. The van der Waals surface area contributed by atoms with Gasteiger partial charge in [-0.3, -0.25) is 4.79 Å². The number of carbonyl (C=O) groups excluding carboxylic acids is 1. The Morgan fingerprint density at radius 2 is 1.84 bits per heavy atom. The Labute approximate surface area is 146 Å². The lowest BCUT2D eigenvalue weighted by molar-refractivity contribution is -0.118. The zero-order chi connectivity index (χ0) is 18.2. The van der Waals surface area contributed by atoms with Gasteiger partial charge in [0.05, 0.1) is 27.4 Å². The summed E-state index contributed by atoms with van der Waals surface area (Å²) in [6.45, 7) is 0. The number of hydrogen-bond acceptors (Lipinski definition) is 5. The standard InChI is InChI=1S/C19H20N2O4/c1-23-16-6-4-5-15(11-16)21-19(22)14(12-20)9-13-7-8-17(24-2)18(10-13)25-3/h4-8,10-11,14H,9H2,1-3H3,(H,21,22)/t14-/m1/s1. The zero-order valence-corrected chi connectivity index (χ0v) is 14.4. The van der Waals surface area contributed by atoms with Crippen LogP contribution in [-0.2, 0) is 11.2 Å². The van der Waals surface area contributed by atoms with Gasteiger partial charge in [-0.25, -0.2) is 0 Å². The van der Waals surface area contributed by atoms with E-state index in [2.05, 4.69) is 5.32 Å². The summed E-state index contributed by atoms with van der Waals surface area (Å²) in [5.41, 5.74) is 1.39. The number of ether oxygens (including phenoxy) is 3. The van der Waals surface area contributed by atoms with Gasteiger partial charge in [0.1, 0.15) is 11.7 Å². The highest BCUT2D eigenvalue weighted by molar-refractivity contribution is 5.94. The Bertz CT molecular complexity index is 783. The zero-order valence-electron chi connectivity index (χ0n) is 14.4. The molecule has 0 heterocycles. The SMILES string of the molecule is COc1cccc(NC(=O)[C@@H](C#N)Cc2ccc(OC)c(OC)c2)c1. The first kappa shape index (κ1) is 18.1. The average molecular weight is 340 g/mol.